The van der Waals surface area contributed by atoms with Crippen LogP contribution in [0.3, 0.4) is 0 Å². The van der Waals surface area contributed by atoms with E-state index in [-0.39, 0.29) is 16.4 Å². The highest BCUT2D eigenvalue weighted by Gasteiger charge is 2.31. The lowest BCUT2D eigenvalue weighted by Crippen LogP contribution is -2.45. The zero-order chi connectivity index (χ0) is 21.7. The van der Waals surface area contributed by atoms with Crippen LogP contribution in [0, 0.1) is 0 Å². The number of halogens is 3. The molecule has 0 saturated carbocycles. The first-order valence-corrected chi connectivity index (χ1v) is 9.74. The number of hydrogen-bond donors (Lipinski definition) is 4. The third-order valence-corrected chi connectivity index (χ3v) is 5.48. The van der Waals surface area contributed by atoms with Crippen LogP contribution in [-0.2, 0) is 9.84 Å². The normalized spacial score (nSPS) is 14.3. The lowest BCUT2D eigenvalue weighted by Gasteiger charge is -2.19. The van der Waals surface area contributed by atoms with Crippen LogP contribution >= 0.6 is 0 Å². The van der Waals surface area contributed by atoms with Gasteiger partial charge in [0.15, 0.2) is 9.84 Å². The predicted octanol–water partition coefficient (Wildman–Crippen LogP) is 1.85. The van der Waals surface area contributed by atoms with E-state index in [0.717, 1.165) is 12.1 Å². The molecular weight excluding hydrogens is 419 g/mol. The van der Waals surface area contributed by atoms with Gasteiger partial charge < -0.3 is 24.9 Å². The minimum absolute atomic E-state index is 0.121. The van der Waals surface area contributed by atoms with E-state index in [9.17, 15) is 26.7 Å². The summed E-state index contributed by atoms with van der Waals surface area (Å²) >= 11 is 0. The van der Waals surface area contributed by atoms with Crippen LogP contribution in [0.15, 0.2) is 53.4 Å². The van der Waals surface area contributed by atoms with Crippen molar-refractivity contribution in [2.75, 3.05) is 12.4 Å². The highest BCUT2D eigenvalue weighted by Crippen LogP contribution is 2.28. The van der Waals surface area contributed by atoms with E-state index in [2.05, 4.69) is 4.74 Å². The maximum Gasteiger partial charge on any atom is 0.573 e. The van der Waals surface area contributed by atoms with Gasteiger partial charge in [-0.1, -0.05) is 0 Å². The number of hydroxylamine groups is 1. The quantitative estimate of drug-likeness (QED) is 0.438. The topological polar surface area (TPSA) is 125 Å². The Morgan fingerprint density at radius 1 is 0.966 bits per heavy atom. The molecule has 8 nitrogen and oxygen atoms in total. The summed E-state index contributed by atoms with van der Waals surface area (Å²) in [5.74, 6) is -0.665. The Morgan fingerprint density at radius 2 is 1.45 bits per heavy atom. The van der Waals surface area contributed by atoms with Crippen molar-refractivity contribution in [2.24, 2.45) is 0 Å². The van der Waals surface area contributed by atoms with E-state index in [0.29, 0.717) is 0 Å². The SMILES string of the molecule is O=S(=O)(CC(NO)[C@H](O)CO)c1ccc(Oc2ccc(OC(F)(F)F)cc2)cc1. The Morgan fingerprint density at radius 3 is 1.90 bits per heavy atom. The molecule has 0 radical (unpaired) electrons. The molecule has 0 aliphatic carbocycles. The molecule has 0 fully saturated rings. The van der Waals surface area contributed by atoms with E-state index in [1.807, 2.05) is 0 Å². The van der Waals surface area contributed by atoms with Crippen molar-refractivity contribution in [1.29, 1.82) is 0 Å². The highest BCUT2D eigenvalue weighted by molar-refractivity contribution is 7.91. The van der Waals surface area contributed by atoms with Crippen LogP contribution in [-0.4, -0.2) is 54.7 Å². The summed E-state index contributed by atoms with van der Waals surface area (Å²) in [5, 5.41) is 27.3. The molecule has 0 aromatic heterocycles. The summed E-state index contributed by atoms with van der Waals surface area (Å²) in [6.45, 7) is -0.743. The van der Waals surface area contributed by atoms with Crippen LogP contribution in [0.1, 0.15) is 0 Å². The van der Waals surface area contributed by atoms with Crippen LogP contribution in [0.4, 0.5) is 13.2 Å². The maximum absolute atomic E-state index is 12.4. The zero-order valence-corrected chi connectivity index (χ0v) is 15.5. The van der Waals surface area contributed by atoms with Crippen molar-refractivity contribution < 1.29 is 46.5 Å². The second-order valence-electron chi connectivity index (χ2n) is 5.86. The number of alkyl halides is 3. The Balaban J connectivity index is 2.06. The van der Waals surface area contributed by atoms with E-state index >= 15 is 0 Å². The second-order valence-corrected chi connectivity index (χ2v) is 7.89. The standard InChI is InChI=1S/C17H18F3NO7S/c18-17(19,20)28-13-3-1-11(2-4-13)27-12-5-7-14(8-6-12)29(25,26)10-15(21-24)16(23)9-22/h1-8,15-16,21-24H,9-10H2/t15?,16-/m1/s1. The number of aliphatic hydroxyl groups is 2. The maximum atomic E-state index is 12.4. The molecule has 2 atom stereocenters. The fourth-order valence-corrected chi connectivity index (χ4v) is 3.77. The Bertz CT molecular complexity index is 887. The van der Waals surface area contributed by atoms with Gasteiger partial charge >= 0.3 is 6.36 Å². The van der Waals surface area contributed by atoms with Crippen LogP contribution in [0.2, 0.25) is 0 Å². The van der Waals surface area contributed by atoms with Gasteiger partial charge in [-0.2, -0.15) is 5.48 Å². The van der Waals surface area contributed by atoms with Crippen LogP contribution in [0.25, 0.3) is 0 Å². The Kier molecular flexibility index (Phi) is 7.43. The lowest BCUT2D eigenvalue weighted by atomic mass is 10.2. The number of sulfone groups is 1. The summed E-state index contributed by atoms with van der Waals surface area (Å²) in [6, 6.07) is 8.45. The number of hydrogen-bond acceptors (Lipinski definition) is 8. The first-order chi connectivity index (χ1) is 13.5. The third kappa shape index (κ3) is 6.87. The third-order valence-electron chi connectivity index (χ3n) is 3.69. The van der Waals surface area contributed by atoms with Crippen molar-refractivity contribution in [3.63, 3.8) is 0 Å². The van der Waals surface area contributed by atoms with Gasteiger partial charge in [0.25, 0.3) is 0 Å². The average molecular weight is 437 g/mol. The summed E-state index contributed by atoms with van der Waals surface area (Å²) in [7, 11) is -3.91. The average Bonchev–Trinajstić information content (AvgIpc) is 2.66. The highest BCUT2D eigenvalue weighted by atomic mass is 32.2. The van der Waals surface area contributed by atoms with Gasteiger partial charge in [0, 0.05) is 0 Å². The lowest BCUT2D eigenvalue weighted by molar-refractivity contribution is -0.274. The van der Waals surface area contributed by atoms with Gasteiger partial charge in [-0.15, -0.1) is 13.2 Å². The fourth-order valence-electron chi connectivity index (χ4n) is 2.25. The van der Waals surface area contributed by atoms with Gasteiger partial charge in [-0.3, -0.25) is 0 Å². The number of nitrogens with one attached hydrogen (secondary N) is 1. The molecule has 0 bridgehead atoms. The molecule has 2 aromatic rings. The fraction of sp³-hybridized carbons (Fsp3) is 0.294. The molecule has 0 aliphatic heterocycles. The molecule has 0 aliphatic rings. The Labute approximate surface area is 164 Å². The van der Waals surface area contributed by atoms with Crippen molar-refractivity contribution >= 4 is 9.84 Å². The number of aliphatic hydroxyl groups excluding tert-OH is 2. The minimum atomic E-state index is -4.80. The zero-order valence-electron chi connectivity index (χ0n) is 14.7. The summed E-state index contributed by atoms with van der Waals surface area (Å²) in [5.41, 5.74) is 1.65. The largest absolute Gasteiger partial charge is 0.573 e. The second kappa shape index (κ2) is 9.41. The molecule has 0 spiro atoms. The van der Waals surface area contributed by atoms with E-state index in [1.165, 1.54) is 36.4 Å². The number of ether oxygens (including phenoxy) is 2. The van der Waals surface area contributed by atoms with Gasteiger partial charge in [0.1, 0.15) is 17.2 Å². The Hall–Kier alpha value is -2.38. The first-order valence-electron chi connectivity index (χ1n) is 8.09. The minimum Gasteiger partial charge on any atom is -0.457 e. The van der Waals surface area contributed by atoms with Crippen molar-refractivity contribution in [3.05, 3.63) is 48.5 Å². The summed E-state index contributed by atoms with van der Waals surface area (Å²) in [6.07, 6.45) is -6.29. The molecule has 0 saturated heterocycles. The molecule has 2 rings (SSSR count). The number of rotatable bonds is 9. The molecule has 1 unspecified atom stereocenters. The summed E-state index contributed by atoms with van der Waals surface area (Å²) < 4.78 is 70.3. The van der Waals surface area contributed by atoms with E-state index < -0.39 is 46.5 Å². The van der Waals surface area contributed by atoms with Gasteiger partial charge in [-0.05, 0) is 48.5 Å². The summed E-state index contributed by atoms with van der Waals surface area (Å²) in [4.78, 5) is -0.121. The van der Waals surface area contributed by atoms with Crippen molar-refractivity contribution in [3.8, 4) is 17.2 Å². The first kappa shape index (κ1) is 22.9. The van der Waals surface area contributed by atoms with E-state index in [1.54, 1.807) is 5.48 Å². The van der Waals surface area contributed by atoms with Gasteiger partial charge in [0.05, 0.1) is 29.4 Å². The smallest absolute Gasteiger partial charge is 0.457 e. The molecule has 0 heterocycles. The molecule has 29 heavy (non-hydrogen) atoms. The molecule has 4 N–H and O–H groups in total. The molecule has 0 amide bonds. The van der Waals surface area contributed by atoms with Crippen LogP contribution in [0.5, 0.6) is 17.2 Å². The predicted molar refractivity (Wildman–Crippen MR) is 93.5 cm³/mol. The molecule has 160 valence electrons. The molecule has 2 aromatic carbocycles. The van der Waals surface area contributed by atoms with Crippen molar-refractivity contribution in [2.45, 2.75) is 23.4 Å². The van der Waals surface area contributed by atoms with Gasteiger partial charge in [0.2, 0.25) is 0 Å². The number of benzene rings is 2. The van der Waals surface area contributed by atoms with E-state index in [4.69, 9.17) is 15.1 Å². The van der Waals surface area contributed by atoms with Crippen molar-refractivity contribution in [1.82, 2.24) is 5.48 Å². The van der Waals surface area contributed by atoms with Crippen LogP contribution < -0.4 is 15.0 Å². The molecular formula is C17H18F3NO7S. The monoisotopic (exact) mass is 437 g/mol. The molecule has 12 heteroatoms. The van der Waals surface area contributed by atoms with Gasteiger partial charge in [-0.25, -0.2) is 8.42 Å².